The number of piperazine rings is 1. The Balaban J connectivity index is 2.66. The number of alkyl halides is 1. The van der Waals surface area contributed by atoms with E-state index < -0.39 is 17.3 Å². The number of carbonyl (C=O) groups excluding carboxylic acids is 2. The summed E-state index contributed by atoms with van der Waals surface area (Å²) >= 11 is 10.8. The highest BCUT2D eigenvalue weighted by Gasteiger charge is 2.30. The van der Waals surface area contributed by atoms with Gasteiger partial charge in [0.2, 0.25) is 5.91 Å². The summed E-state index contributed by atoms with van der Waals surface area (Å²) in [6, 6.07) is 0. The summed E-state index contributed by atoms with van der Waals surface area (Å²) in [5.41, 5.74) is -0.945. The number of rotatable bonds is 0. The number of hydrogen-bond donors (Lipinski definition) is 1. The molecular weight excluding hydrogens is 179 g/mol. The lowest BCUT2D eigenvalue weighted by molar-refractivity contribution is -0.135. The Morgan fingerprint density at radius 1 is 1.60 bits per heavy atom. The molecule has 1 aliphatic heterocycles. The van der Waals surface area contributed by atoms with Crippen LogP contribution in [0.2, 0.25) is 0 Å². The second kappa shape index (κ2) is 2.74. The van der Waals surface area contributed by atoms with E-state index in [2.05, 4.69) is 0 Å². The SMILES string of the molecule is O=C1CN(Cl)C(Cl)C(=O)N1. The molecule has 1 unspecified atom stereocenters. The summed E-state index contributed by atoms with van der Waals surface area (Å²) < 4.78 is 0.947. The zero-order valence-corrected chi connectivity index (χ0v) is 6.32. The van der Waals surface area contributed by atoms with Gasteiger partial charge in [-0.1, -0.05) is 11.6 Å². The van der Waals surface area contributed by atoms with Crippen molar-refractivity contribution in [1.82, 2.24) is 9.74 Å². The maximum absolute atomic E-state index is 10.6. The predicted octanol–water partition coefficient (Wildman–Crippen LogP) is -0.336. The summed E-state index contributed by atoms with van der Waals surface area (Å²) in [7, 11) is 0. The van der Waals surface area contributed by atoms with E-state index in [0.717, 1.165) is 4.42 Å². The molecule has 1 rings (SSSR count). The average Bonchev–Trinajstić information content (AvgIpc) is 1.82. The molecular formula is C4H4Cl2N2O2. The van der Waals surface area contributed by atoms with Crippen LogP contribution in [0.15, 0.2) is 0 Å². The third-order valence-electron chi connectivity index (χ3n) is 1.02. The normalized spacial score (nSPS) is 28.4. The highest BCUT2D eigenvalue weighted by molar-refractivity contribution is 6.36. The number of nitrogens with one attached hydrogen (secondary N) is 1. The van der Waals surface area contributed by atoms with Crippen molar-refractivity contribution in [3.05, 3.63) is 0 Å². The Hall–Kier alpha value is -0.320. The van der Waals surface area contributed by atoms with Gasteiger partial charge in [0.1, 0.15) is 0 Å². The first-order valence-corrected chi connectivity index (χ1v) is 3.29. The van der Waals surface area contributed by atoms with Crippen molar-refractivity contribution >= 4 is 35.2 Å². The number of halogens is 2. The zero-order chi connectivity index (χ0) is 7.72. The molecule has 2 amide bonds. The third-order valence-corrected chi connectivity index (χ3v) is 1.87. The fraction of sp³-hybridized carbons (Fsp3) is 0.500. The van der Waals surface area contributed by atoms with Gasteiger partial charge in [-0.25, -0.2) is 0 Å². The summed E-state index contributed by atoms with van der Waals surface area (Å²) in [6.07, 6.45) is 0. The average molecular weight is 183 g/mol. The molecule has 0 spiro atoms. The predicted molar refractivity (Wildman–Crippen MR) is 35.3 cm³/mol. The number of nitrogens with zero attached hydrogens (tertiary/aromatic N) is 1. The van der Waals surface area contributed by atoms with Crippen molar-refractivity contribution in [3.8, 4) is 0 Å². The highest BCUT2D eigenvalue weighted by Crippen LogP contribution is 2.10. The van der Waals surface area contributed by atoms with Crippen LogP contribution in [0.1, 0.15) is 0 Å². The Morgan fingerprint density at radius 3 is 2.70 bits per heavy atom. The molecule has 1 aliphatic rings. The minimum Gasteiger partial charge on any atom is -0.293 e. The van der Waals surface area contributed by atoms with E-state index >= 15 is 0 Å². The van der Waals surface area contributed by atoms with Gasteiger partial charge in [-0.2, -0.15) is 4.42 Å². The number of hydrogen-bond acceptors (Lipinski definition) is 3. The lowest BCUT2D eigenvalue weighted by atomic mass is 10.4. The van der Waals surface area contributed by atoms with Crippen LogP contribution < -0.4 is 5.32 Å². The quantitative estimate of drug-likeness (QED) is 0.242. The van der Waals surface area contributed by atoms with E-state index in [4.69, 9.17) is 23.4 Å². The molecule has 1 heterocycles. The minimum atomic E-state index is -0.945. The van der Waals surface area contributed by atoms with Crippen LogP contribution >= 0.6 is 23.4 Å². The molecule has 1 N–H and O–H groups in total. The van der Waals surface area contributed by atoms with Crippen LogP contribution in [0.4, 0.5) is 0 Å². The van der Waals surface area contributed by atoms with Crippen LogP contribution in [-0.4, -0.2) is 28.3 Å². The van der Waals surface area contributed by atoms with Gasteiger partial charge in [-0.05, 0) is 11.8 Å². The Morgan fingerprint density at radius 2 is 2.20 bits per heavy atom. The van der Waals surface area contributed by atoms with Crippen LogP contribution in [0.3, 0.4) is 0 Å². The van der Waals surface area contributed by atoms with E-state index in [-0.39, 0.29) is 6.54 Å². The van der Waals surface area contributed by atoms with Gasteiger partial charge in [0, 0.05) is 0 Å². The Kier molecular flexibility index (Phi) is 2.13. The highest BCUT2D eigenvalue weighted by atomic mass is 35.5. The Bertz CT molecular complexity index is 184. The molecule has 0 aromatic carbocycles. The van der Waals surface area contributed by atoms with E-state index in [1.54, 1.807) is 0 Å². The standard InChI is InChI=1S/C4H4Cl2N2O2/c5-3-4(10)7-2(9)1-8(3)6/h3H,1H2,(H,7,9,10). The molecule has 6 heteroatoms. The van der Waals surface area contributed by atoms with E-state index in [9.17, 15) is 9.59 Å². The van der Waals surface area contributed by atoms with Gasteiger partial charge in [-0.15, -0.1) is 0 Å². The first kappa shape index (κ1) is 7.78. The first-order chi connectivity index (χ1) is 4.61. The van der Waals surface area contributed by atoms with Crippen molar-refractivity contribution < 1.29 is 9.59 Å². The first-order valence-electron chi connectivity index (χ1n) is 2.51. The molecule has 10 heavy (non-hydrogen) atoms. The van der Waals surface area contributed by atoms with Crippen molar-refractivity contribution in [3.63, 3.8) is 0 Å². The monoisotopic (exact) mass is 182 g/mol. The fourth-order valence-corrected chi connectivity index (χ4v) is 0.902. The van der Waals surface area contributed by atoms with Crippen molar-refractivity contribution in [1.29, 1.82) is 0 Å². The van der Waals surface area contributed by atoms with Crippen molar-refractivity contribution in [2.24, 2.45) is 0 Å². The summed E-state index contributed by atoms with van der Waals surface area (Å²) in [5, 5.41) is 2.02. The third kappa shape index (κ3) is 1.39. The summed E-state index contributed by atoms with van der Waals surface area (Å²) in [6.45, 7) is -0.0541. The van der Waals surface area contributed by atoms with Gasteiger partial charge < -0.3 is 0 Å². The second-order valence-electron chi connectivity index (χ2n) is 1.81. The van der Waals surface area contributed by atoms with Gasteiger partial charge in [-0.3, -0.25) is 14.9 Å². The van der Waals surface area contributed by atoms with Crippen molar-refractivity contribution in [2.45, 2.75) is 5.50 Å². The van der Waals surface area contributed by atoms with E-state index in [1.807, 2.05) is 5.32 Å². The molecule has 0 saturated carbocycles. The van der Waals surface area contributed by atoms with Gasteiger partial charge in [0.15, 0.2) is 5.50 Å². The summed E-state index contributed by atoms with van der Waals surface area (Å²) in [5.74, 6) is -1.01. The van der Waals surface area contributed by atoms with Crippen LogP contribution in [0, 0.1) is 0 Å². The lowest BCUT2D eigenvalue weighted by Crippen LogP contribution is -2.52. The minimum absolute atomic E-state index is 0.0541. The van der Waals surface area contributed by atoms with Crippen LogP contribution in [0.25, 0.3) is 0 Å². The van der Waals surface area contributed by atoms with Gasteiger partial charge >= 0.3 is 0 Å². The fourth-order valence-electron chi connectivity index (χ4n) is 0.581. The van der Waals surface area contributed by atoms with Gasteiger partial charge in [0.25, 0.3) is 5.91 Å². The molecule has 4 nitrogen and oxygen atoms in total. The zero-order valence-electron chi connectivity index (χ0n) is 4.80. The topological polar surface area (TPSA) is 49.4 Å². The molecule has 1 saturated heterocycles. The maximum atomic E-state index is 10.6. The number of carbonyl (C=O) groups is 2. The molecule has 56 valence electrons. The van der Waals surface area contributed by atoms with Crippen LogP contribution in [-0.2, 0) is 9.59 Å². The molecule has 1 atom stereocenters. The molecule has 0 radical (unpaired) electrons. The lowest BCUT2D eigenvalue weighted by Gasteiger charge is -2.22. The molecule has 0 aliphatic carbocycles. The van der Waals surface area contributed by atoms with E-state index in [0.29, 0.717) is 0 Å². The van der Waals surface area contributed by atoms with Crippen LogP contribution in [0.5, 0.6) is 0 Å². The second-order valence-corrected chi connectivity index (χ2v) is 2.65. The summed E-state index contributed by atoms with van der Waals surface area (Å²) in [4.78, 5) is 21.1. The van der Waals surface area contributed by atoms with Gasteiger partial charge in [0.05, 0.1) is 6.54 Å². The van der Waals surface area contributed by atoms with E-state index in [1.165, 1.54) is 0 Å². The van der Waals surface area contributed by atoms with Crippen molar-refractivity contribution in [2.75, 3.05) is 6.54 Å². The maximum Gasteiger partial charge on any atom is 0.260 e. The Labute approximate surface area is 67.2 Å². The largest absolute Gasteiger partial charge is 0.293 e. The molecule has 1 fully saturated rings. The number of amides is 2. The smallest absolute Gasteiger partial charge is 0.260 e. The number of imide groups is 1. The molecule has 0 bridgehead atoms. The molecule has 0 aromatic heterocycles. The molecule has 0 aromatic rings.